The van der Waals surface area contributed by atoms with Crippen LogP contribution in [0.5, 0.6) is 5.88 Å². The summed E-state index contributed by atoms with van der Waals surface area (Å²) < 4.78 is 124. The fraction of sp³-hybridized carbons (Fsp3) is 0.308. The third kappa shape index (κ3) is 7.85. The third-order valence-corrected chi connectivity index (χ3v) is 12.4. The highest BCUT2D eigenvalue weighted by molar-refractivity contribution is 7.92. The molecule has 5 aromatic heterocycles. The number of hydrogen-bond donors (Lipinski definition) is 2. The highest BCUT2D eigenvalue weighted by Gasteiger charge is 2.67. The Bertz CT molecular complexity index is 3140. The van der Waals surface area contributed by atoms with E-state index in [1.54, 1.807) is 11.6 Å². The van der Waals surface area contributed by atoms with Gasteiger partial charge < -0.3 is 10.1 Å². The standard InChI is InChI=1S/C39H31ClF6N10O5S2/c1-54-32-25(5-4-23(40)30(32)36(52-54)53-63(2,59)60)56-37(50-35-20(38(56)58)3-6-27(49-35)61-9-7-28-47-8-10-62-28)24(13-17-11-18(41)14-19(42)12-17)48-26(57)16-55-33-29(31(51-55)34(43)44)21-15-22(21)39(33,45)46/h3-6,8,10-12,14,21-22,24,34H,7,9,13,15-16H2,1-2H3,(H,48,57)(H,52,53)/t21-,22+,24-/m0/s1. The Hall–Kier alpha value is -6.07. The molecule has 2 aliphatic rings. The highest BCUT2D eigenvalue weighted by atomic mass is 35.5. The van der Waals surface area contributed by atoms with Crippen molar-refractivity contribution in [2.24, 2.45) is 13.0 Å². The third-order valence-electron chi connectivity index (χ3n) is 10.7. The first-order valence-electron chi connectivity index (χ1n) is 19.0. The molecular formula is C39H31ClF6N10O5S2. The maximum absolute atomic E-state index is 15.5. The van der Waals surface area contributed by atoms with Crippen LogP contribution in [0.4, 0.5) is 32.2 Å². The molecule has 15 nitrogen and oxygen atoms in total. The predicted octanol–water partition coefficient (Wildman–Crippen LogP) is 6.49. The number of anilines is 1. The summed E-state index contributed by atoms with van der Waals surface area (Å²) in [5.41, 5.74) is -2.96. The molecule has 24 heteroatoms. The zero-order chi connectivity index (χ0) is 44.7. The Kier molecular flexibility index (Phi) is 10.5. The molecule has 1 fully saturated rings. The summed E-state index contributed by atoms with van der Waals surface area (Å²) in [6.07, 6.45) is -0.762. The number of carbonyl (C=O) groups excluding carboxylic acids is 1. The molecule has 2 aliphatic carbocycles. The van der Waals surface area contributed by atoms with Gasteiger partial charge in [-0.1, -0.05) is 11.6 Å². The minimum absolute atomic E-state index is 0.0118. The number of nitrogens with zero attached hydrogens (tertiary/aromatic N) is 8. The number of sulfonamides is 1. The monoisotopic (exact) mass is 932 g/mol. The van der Waals surface area contributed by atoms with Crippen molar-refractivity contribution in [1.29, 1.82) is 0 Å². The summed E-state index contributed by atoms with van der Waals surface area (Å²) >= 11 is 8.03. The topological polar surface area (TPSA) is 181 Å². The van der Waals surface area contributed by atoms with E-state index in [9.17, 15) is 35.6 Å². The molecule has 9 rings (SSSR count). The average Bonchev–Trinajstić information content (AvgIpc) is 3.40. The number of fused-ring (bicyclic) bond motifs is 5. The summed E-state index contributed by atoms with van der Waals surface area (Å²) in [6, 6.07) is 6.54. The van der Waals surface area contributed by atoms with E-state index in [0.29, 0.717) is 17.2 Å². The smallest absolute Gasteiger partial charge is 0.293 e. The number of carbonyl (C=O) groups is 1. The summed E-state index contributed by atoms with van der Waals surface area (Å²) in [5.74, 6) is -9.15. The summed E-state index contributed by atoms with van der Waals surface area (Å²) in [7, 11) is -2.48. The van der Waals surface area contributed by atoms with Gasteiger partial charge in [-0.25, -0.2) is 35.9 Å². The number of amides is 1. The number of pyridine rings is 1. The van der Waals surface area contributed by atoms with Crippen molar-refractivity contribution in [2.75, 3.05) is 17.6 Å². The largest absolute Gasteiger partial charge is 0.477 e. The number of hydrogen-bond acceptors (Lipinski definition) is 11. The van der Waals surface area contributed by atoms with Gasteiger partial charge in [0, 0.05) is 55.1 Å². The summed E-state index contributed by atoms with van der Waals surface area (Å²) in [6.45, 7) is -0.865. The number of ether oxygens (including phenoxy) is 1. The van der Waals surface area contributed by atoms with Gasteiger partial charge in [0.2, 0.25) is 21.8 Å². The van der Waals surface area contributed by atoms with E-state index in [2.05, 4.69) is 30.2 Å². The Balaban J connectivity index is 1.21. The Morgan fingerprint density at radius 1 is 1.10 bits per heavy atom. The van der Waals surface area contributed by atoms with Crippen molar-refractivity contribution in [2.45, 2.75) is 50.1 Å². The summed E-state index contributed by atoms with van der Waals surface area (Å²) in [5, 5.41) is 13.2. The Labute approximate surface area is 360 Å². The van der Waals surface area contributed by atoms with Crippen LogP contribution in [0.2, 0.25) is 5.02 Å². The zero-order valence-electron chi connectivity index (χ0n) is 32.6. The van der Waals surface area contributed by atoms with Gasteiger partial charge in [-0.3, -0.25) is 28.2 Å². The van der Waals surface area contributed by atoms with Gasteiger partial charge in [0.15, 0.2) is 11.5 Å². The van der Waals surface area contributed by atoms with E-state index in [-0.39, 0.29) is 74.3 Å². The van der Waals surface area contributed by atoms with Crippen molar-refractivity contribution in [1.82, 2.24) is 44.4 Å². The molecule has 328 valence electrons. The fourth-order valence-electron chi connectivity index (χ4n) is 8.14. The van der Waals surface area contributed by atoms with Crippen molar-refractivity contribution in [3.8, 4) is 11.6 Å². The highest BCUT2D eigenvalue weighted by Crippen LogP contribution is 2.68. The molecule has 1 saturated carbocycles. The van der Waals surface area contributed by atoms with E-state index in [0.717, 1.165) is 28.0 Å². The van der Waals surface area contributed by atoms with Crippen LogP contribution < -0.4 is 20.3 Å². The molecule has 2 N–H and O–H groups in total. The van der Waals surface area contributed by atoms with Gasteiger partial charge >= 0.3 is 0 Å². The first kappa shape index (κ1) is 42.2. The summed E-state index contributed by atoms with van der Waals surface area (Å²) in [4.78, 5) is 42.4. The lowest BCUT2D eigenvalue weighted by molar-refractivity contribution is -0.123. The lowest BCUT2D eigenvalue weighted by atomic mass is 10.0. The van der Waals surface area contributed by atoms with Crippen LogP contribution in [0, 0.1) is 17.6 Å². The van der Waals surface area contributed by atoms with Crippen molar-refractivity contribution >= 4 is 66.6 Å². The Morgan fingerprint density at radius 2 is 1.86 bits per heavy atom. The number of aryl methyl sites for hydroxylation is 1. The second-order valence-electron chi connectivity index (χ2n) is 15.1. The maximum atomic E-state index is 15.5. The van der Waals surface area contributed by atoms with Crippen LogP contribution in [-0.4, -0.2) is 66.3 Å². The molecular weight excluding hydrogens is 902 g/mol. The van der Waals surface area contributed by atoms with Crippen molar-refractivity contribution in [3.05, 3.63) is 114 Å². The molecule has 0 bridgehead atoms. The maximum Gasteiger partial charge on any atom is 0.293 e. The molecule has 0 aliphatic heterocycles. The van der Waals surface area contributed by atoms with Crippen molar-refractivity contribution in [3.63, 3.8) is 0 Å². The molecule has 0 spiro atoms. The van der Waals surface area contributed by atoms with E-state index >= 15 is 8.78 Å². The van der Waals surface area contributed by atoms with Gasteiger partial charge in [-0.15, -0.1) is 11.3 Å². The predicted molar refractivity (Wildman–Crippen MR) is 217 cm³/mol. The zero-order valence-corrected chi connectivity index (χ0v) is 35.0. The second-order valence-corrected chi connectivity index (χ2v) is 18.2. The number of halogens is 7. The molecule has 0 saturated heterocycles. The molecule has 7 aromatic rings. The van der Waals surface area contributed by atoms with Gasteiger partial charge in [0.25, 0.3) is 17.9 Å². The number of alkyl halides is 4. The van der Waals surface area contributed by atoms with Crippen LogP contribution in [-0.2, 0) is 47.2 Å². The number of benzene rings is 2. The van der Waals surface area contributed by atoms with Crippen LogP contribution in [0.1, 0.15) is 58.2 Å². The quantitative estimate of drug-likeness (QED) is 0.115. The van der Waals surface area contributed by atoms with Crippen LogP contribution >= 0.6 is 22.9 Å². The SMILES string of the molecule is Cn1nc(NS(C)(=O)=O)c2c(Cl)ccc(-n3c([C@H](Cc4cc(F)cc(F)c4)NC(=O)Cn4nc(C(F)F)c5c4C(F)(F)[C@@H]4C[C@H]54)nc4nc(OCCc5nccs5)ccc4c3=O)c21. The lowest BCUT2D eigenvalue weighted by Gasteiger charge is -2.24. The van der Waals surface area contributed by atoms with Gasteiger partial charge in [-0.2, -0.15) is 24.0 Å². The molecule has 3 atom stereocenters. The van der Waals surface area contributed by atoms with Crippen LogP contribution in [0.25, 0.3) is 27.6 Å². The van der Waals surface area contributed by atoms with Crippen molar-refractivity contribution < 1.29 is 44.3 Å². The van der Waals surface area contributed by atoms with E-state index in [4.69, 9.17) is 21.3 Å². The minimum atomic E-state index is -3.92. The molecule has 0 unspecified atom stereocenters. The number of thiazole rings is 1. The molecule has 1 amide bonds. The fourth-order valence-corrected chi connectivity index (χ4v) is 9.48. The molecule has 2 aromatic carbocycles. The van der Waals surface area contributed by atoms with E-state index < -0.39 is 87.7 Å². The normalized spacial score (nSPS) is 17.0. The first-order valence-corrected chi connectivity index (χ1v) is 22.1. The first-order chi connectivity index (χ1) is 29.9. The number of nitrogens with one attached hydrogen (secondary N) is 2. The molecule has 63 heavy (non-hydrogen) atoms. The van der Waals surface area contributed by atoms with Gasteiger partial charge in [0.1, 0.15) is 35.4 Å². The average molecular weight is 933 g/mol. The number of aromatic nitrogens is 8. The second kappa shape index (κ2) is 15.6. The van der Waals surface area contributed by atoms with Crippen LogP contribution in [0.3, 0.4) is 0 Å². The van der Waals surface area contributed by atoms with E-state index in [1.165, 1.54) is 47.3 Å². The molecule has 5 heterocycles. The Morgan fingerprint density at radius 3 is 2.56 bits per heavy atom. The van der Waals surface area contributed by atoms with Gasteiger partial charge in [-0.05, 0) is 48.2 Å². The lowest BCUT2D eigenvalue weighted by Crippen LogP contribution is -2.38. The molecule has 0 radical (unpaired) electrons. The van der Waals surface area contributed by atoms with Crippen LogP contribution in [0.15, 0.2) is 58.8 Å². The number of rotatable bonds is 14. The van der Waals surface area contributed by atoms with E-state index in [1.807, 2.05) is 0 Å². The van der Waals surface area contributed by atoms with Gasteiger partial charge in [0.05, 0.1) is 50.9 Å². The minimum Gasteiger partial charge on any atom is -0.477 e.